The highest BCUT2D eigenvalue weighted by Crippen LogP contribution is 2.37. The molecule has 1 aliphatic heterocycles. The van der Waals surface area contributed by atoms with Crippen LogP contribution < -0.4 is 15.8 Å². The molecule has 0 bridgehead atoms. The monoisotopic (exact) mass is 604 g/mol. The summed E-state index contributed by atoms with van der Waals surface area (Å²) in [5, 5.41) is 18.0. The molecule has 44 heavy (non-hydrogen) atoms. The van der Waals surface area contributed by atoms with Gasteiger partial charge in [-0.3, -0.25) is 4.79 Å². The van der Waals surface area contributed by atoms with Crippen molar-refractivity contribution in [3.05, 3.63) is 71.8 Å². The van der Waals surface area contributed by atoms with Gasteiger partial charge in [-0.1, -0.05) is 13.0 Å². The van der Waals surface area contributed by atoms with Crippen molar-refractivity contribution < 1.29 is 22.7 Å². The van der Waals surface area contributed by atoms with Crippen LogP contribution in [-0.4, -0.2) is 55.7 Å². The number of aromatic nitrogens is 4. The van der Waals surface area contributed by atoms with Gasteiger partial charge in [0.05, 0.1) is 11.4 Å². The Kier molecular flexibility index (Phi) is 8.55. The van der Waals surface area contributed by atoms with E-state index in [0.717, 1.165) is 12.1 Å². The average Bonchev–Trinajstić information content (AvgIpc) is 3.39. The van der Waals surface area contributed by atoms with Gasteiger partial charge in [-0.05, 0) is 63.6 Å². The summed E-state index contributed by atoms with van der Waals surface area (Å²) in [4.78, 5) is 23.5. The van der Waals surface area contributed by atoms with Crippen LogP contribution in [0.4, 0.5) is 19.0 Å². The number of nitrogens with one attached hydrogen (secondary N) is 1. The number of nitriles is 1. The van der Waals surface area contributed by atoms with Crippen LogP contribution >= 0.6 is 0 Å². The minimum Gasteiger partial charge on any atom is -0.454 e. The molecule has 0 saturated carbocycles. The van der Waals surface area contributed by atoms with Crippen LogP contribution in [0.2, 0.25) is 0 Å². The number of hydrogen-bond acceptors (Lipinski definition) is 8. The number of halogens is 3. The van der Waals surface area contributed by atoms with E-state index in [4.69, 9.17) is 15.6 Å². The van der Waals surface area contributed by atoms with E-state index < -0.39 is 23.0 Å². The zero-order valence-electron chi connectivity index (χ0n) is 24.4. The zero-order valence-corrected chi connectivity index (χ0v) is 24.4. The number of benzene rings is 2. The molecule has 228 valence electrons. The lowest BCUT2D eigenvalue weighted by atomic mass is 9.99. The fraction of sp³-hybridized carbons (Fsp3) is 0.323. The number of nitrogens with zero attached hydrogens (tertiary/aromatic N) is 6. The summed E-state index contributed by atoms with van der Waals surface area (Å²) in [6.45, 7) is 7.09. The number of piperidine rings is 1. The molecule has 2 aromatic carbocycles. The number of rotatable bonds is 8. The normalized spacial score (nSPS) is 15.8. The highest BCUT2D eigenvalue weighted by atomic mass is 19.2. The molecule has 3 heterocycles. The molecule has 1 fully saturated rings. The van der Waals surface area contributed by atoms with E-state index in [9.17, 15) is 18.8 Å². The maximum atomic E-state index is 15.5. The van der Waals surface area contributed by atoms with Gasteiger partial charge in [0.25, 0.3) is 5.91 Å². The van der Waals surface area contributed by atoms with Gasteiger partial charge < -0.3 is 20.7 Å². The third-order valence-electron chi connectivity index (χ3n) is 7.38. The van der Waals surface area contributed by atoms with Crippen LogP contribution in [0.25, 0.3) is 22.3 Å². The summed E-state index contributed by atoms with van der Waals surface area (Å²) in [5.41, 5.74) is 6.30. The quantitative estimate of drug-likeness (QED) is 0.205. The number of carbonyl (C=O) groups is 1. The molecule has 1 aliphatic rings. The highest BCUT2D eigenvalue weighted by molar-refractivity contribution is 5.99. The summed E-state index contributed by atoms with van der Waals surface area (Å²) in [6, 6.07) is 8.99. The molecule has 5 rings (SSSR count). The third kappa shape index (κ3) is 6.07. The predicted molar refractivity (Wildman–Crippen MR) is 158 cm³/mol. The molecular weight excluding hydrogens is 573 g/mol. The van der Waals surface area contributed by atoms with Crippen molar-refractivity contribution >= 4 is 22.8 Å². The van der Waals surface area contributed by atoms with E-state index in [0.29, 0.717) is 37.0 Å². The number of carbonyl (C=O) groups excluding carboxylic acids is 1. The SMILES string of the molecule is CCNC(C)(C)C=C(C#N)C(=O)N1CCCC(n2nc(-c3ccc(Oc4cccc(F)c4F)cc3F)c3c(N)ncnc32)C1. The fourth-order valence-electron chi connectivity index (χ4n) is 5.40. The molecule has 0 spiro atoms. The molecule has 13 heteroatoms. The van der Waals surface area contributed by atoms with Crippen LogP contribution in [0.3, 0.4) is 0 Å². The van der Waals surface area contributed by atoms with Gasteiger partial charge in [-0.2, -0.15) is 14.8 Å². The number of nitrogen functional groups attached to an aromatic ring is 1. The van der Waals surface area contributed by atoms with Gasteiger partial charge in [0.2, 0.25) is 5.82 Å². The van der Waals surface area contributed by atoms with Gasteiger partial charge in [-0.25, -0.2) is 23.4 Å². The number of nitrogens with two attached hydrogens (primary N) is 1. The van der Waals surface area contributed by atoms with Crippen LogP contribution in [0.15, 0.2) is 54.4 Å². The summed E-state index contributed by atoms with van der Waals surface area (Å²) in [7, 11) is 0. The lowest BCUT2D eigenvalue weighted by Gasteiger charge is -2.33. The first-order valence-corrected chi connectivity index (χ1v) is 14.1. The van der Waals surface area contributed by atoms with E-state index in [2.05, 4.69) is 15.3 Å². The summed E-state index contributed by atoms with van der Waals surface area (Å²) in [5.74, 6) is -3.77. The Balaban J connectivity index is 1.47. The van der Waals surface area contributed by atoms with E-state index >= 15 is 4.39 Å². The van der Waals surface area contributed by atoms with Gasteiger partial charge in [0.15, 0.2) is 17.2 Å². The second-order valence-electron chi connectivity index (χ2n) is 11.0. The van der Waals surface area contributed by atoms with Crippen LogP contribution in [0, 0.1) is 28.8 Å². The van der Waals surface area contributed by atoms with E-state index in [1.54, 1.807) is 15.7 Å². The Morgan fingerprint density at radius 2 is 2.02 bits per heavy atom. The lowest BCUT2D eigenvalue weighted by Crippen LogP contribution is -2.43. The Labute approximate surface area is 252 Å². The van der Waals surface area contributed by atoms with Crippen molar-refractivity contribution in [1.29, 1.82) is 5.26 Å². The molecule has 3 N–H and O–H groups in total. The Hall–Kier alpha value is -4.96. The van der Waals surface area contributed by atoms with Gasteiger partial charge in [0.1, 0.15) is 41.0 Å². The van der Waals surface area contributed by atoms with Crippen molar-refractivity contribution in [1.82, 2.24) is 30.0 Å². The van der Waals surface area contributed by atoms with Crippen LogP contribution in [0.1, 0.15) is 39.7 Å². The van der Waals surface area contributed by atoms with Crippen molar-refractivity contribution in [2.24, 2.45) is 0 Å². The highest BCUT2D eigenvalue weighted by Gasteiger charge is 2.31. The number of ether oxygens (including phenoxy) is 1. The average molecular weight is 605 g/mol. The predicted octanol–water partition coefficient (Wildman–Crippen LogP) is 5.29. The molecular formula is C31H31F3N8O2. The number of anilines is 1. The first-order valence-electron chi connectivity index (χ1n) is 14.1. The van der Waals surface area contributed by atoms with Gasteiger partial charge >= 0.3 is 0 Å². The number of likely N-dealkylation sites (tertiary alicyclic amines) is 1. The topological polar surface area (TPSA) is 135 Å². The lowest BCUT2D eigenvalue weighted by molar-refractivity contribution is -0.128. The van der Waals surface area contributed by atoms with Crippen LogP contribution in [0.5, 0.6) is 11.5 Å². The van der Waals surface area contributed by atoms with Crippen molar-refractivity contribution in [3.63, 3.8) is 0 Å². The van der Waals surface area contributed by atoms with E-state index in [-0.39, 0.29) is 52.6 Å². The van der Waals surface area contributed by atoms with Gasteiger partial charge in [-0.15, -0.1) is 0 Å². The largest absolute Gasteiger partial charge is 0.454 e. The molecule has 0 radical (unpaired) electrons. The summed E-state index contributed by atoms with van der Waals surface area (Å²) in [6.07, 6.45) is 4.20. The summed E-state index contributed by atoms with van der Waals surface area (Å²) >= 11 is 0. The molecule has 1 unspecified atom stereocenters. The molecule has 1 amide bonds. The molecule has 0 aliphatic carbocycles. The zero-order chi connectivity index (χ0) is 31.6. The second-order valence-corrected chi connectivity index (χ2v) is 11.0. The third-order valence-corrected chi connectivity index (χ3v) is 7.38. The smallest absolute Gasteiger partial charge is 0.264 e. The van der Waals surface area contributed by atoms with Crippen molar-refractivity contribution in [2.45, 2.75) is 45.2 Å². The number of likely N-dealkylation sites (N-methyl/N-ethyl adjacent to an activating group) is 1. The summed E-state index contributed by atoms with van der Waals surface area (Å²) < 4.78 is 50.2. The Morgan fingerprint density at radius 1 is 1.23 bits per heavy atom. The first-order chi connectivity index (χ1) is 21.0. The Bertz CT molecular complexity index is 1800. The van der Waals surface area contributed by atoms with Crippen molar-refractivity contribution in [3.8, 4) is 28.8 Å². The molecule has 10 nitrogen and oxygen atoms in total. The minimum atomic E-state index is -1.19. The van der Waals surface area contributed by atoms with Crippen molar-refractivity contribution in [2.75, 3.05) is 25.4 Å². The standard InChI is InChI=1S/C31H31F3N8O2/c1-4-39-31(2,3)14-18(15-35)30(43)41-12-6-7-19(16-41)42-29-25(28(36)37-17-38-29)27(40-42)21-11-10-20(13-23(21)33)44-24-9-5-8-22(32)26(24)34/h5,8-11,13-14,17,19,39H,4,6-7,12,16H2,1-3H3,(H2,36,37,38). The van der Waals surface area contributed by atoms with Crippen LogP contribution in [-0.2, 0) is 4.79 Å². The Morgan fingerprint density at radius 3 is 2.75 bits per heavy atom. The molecule has 1 saturated heterocycles. The van der Waals surface area contributed by atoms with Gasteiger partial charge in [0, 0.05) is 30.3 Å². The fourth-order valence-corrected chi connectivity index (χ4v) is 5.40. The number of hydrogen-bond donors (Lipinski definition) is 2. The maximum Gasteiger partial charge on any atom is 0.264 e. The molecule has 1 atom stereocenters. The number of amides is 1. The minimum absolute atomic E-state index is 0.0386. The molecule has 4 aromatic rings. The van der Waals surface area contributed by atoms with E-state index in [1.807, 2.05) is 26.8 Å². The number of fused-ring (bicyclic) bond motifs is 1. The van der Waals surface area contributed by atoms with E-state index in [1.165, 1.54) is 30.6 Å². The second kappa shape index (κ2) is 12.3. The molecule has 2 aromatic heterocycles. The maximum absolute atomic E-state index is 15.5. The first kappa shape index (κ1) is 30.5.